The molecular weight excluding hydrogens is 200 g/mol. The first-order valence-corrected chi connectivity index (χ1v) is 3.76. The van der Waals surface area contributed by atoms with Crippen LogP contribution in [0.1, 0.15) is 5.69 Å². The smallest absolute Gasteiger partial charge is 0.423 e. The summed E-state index contributed by atoms with van der Waals surface area (Å²) in [5.41, 5.74) is 0.0755. The van der Waals surface area contributed by atoms with E-state index in [2.05, 4.69) is 5.10 Å². The Hall–Kier alpha value is -1.02. The number of nitrogens with zero attached hydrogens (tertiary/aromatic N) is 2. The normalized spacial score (nSPS) is 11.9. The van der Waals surface area contributed by atoms with Crippen molar-refractivity contribution in [1.29, 1.82) is 0 Å². The van der Waals surface area contributed by atoms with Gasteiger partial charge in [-0.1, -0.05) is 0 Å². The highest BCUT2D eigenvalue weighted by Gasteiger charge is 2.30. The average molecular weight is 208 g/mol. The Kier molecular flexibility index (Phi) is 2.86. The van der Waals surface area contributed by atoms with Crippen molar-refractivity contribution in [2.45, 2.75) is 19.6 Å². The number of hydrogen-bond acceptors (Lipinski definition) is 3. The van der Waals surface area contributed by atoms with Crippen LogP contribution in [0.3, 0.4) is 0 Å². The third kappa shape index (κ3) is 2.49. The number of rotatable bonds is 2. The van der Waals surface area contributed by atoms with Crippen LogP contribution in [0.25, 0.3) is 0 Å². The Morgan fingerprint density at radius 1 is 1.50 bits per heavy atom. The highest BCUT2D eigenvalue weighted by atomic mass is 19.4. The first-order chi connectivity index (χ1) is 6.31. The van der Waals surface area contributed by atoms with Crippen LogP contribution in [0.2, 0.25) is 0 Å². The first kappa shape index (κ1) is 11.1. The third-order valence-corrected chi connectivity index (χ3v) is 1.75. The number of aromatic nitrogens is 2. The quantitative estimate of drug-likeness (QED) is 0.640. The zero-order chi connectivity index (χ0) is 10.9. The maximum atomic E-state index is 11.9. The molecule has 0 aliphatic heterocycles. The van der Waals surface area contributed by atoms with Gasteiger partial charge in [0.15, 0.2) is 0 Å². The topological polar surface area (TPSA) is 58.3 Å². The molecule has 1 rings (SSSR count). The van der Waals surface area contributed by atoms with E-state index in [0.717, 1.165) is 6.20 Å². The van der Waals surface area contributed by atoms with Gasteiger partial charge in [-0.05, 0) is 6.92 Å². The summed E-state index contributed by atoms with van der Waals surface area (Å²) in [5, 5.41) is 20.9. The van der Waals surface area contributed by atoms with Gasteiger partial charge in [-0.2, -0.15) is 18.3 Å². The Labute approximate surface area is 78.1 Å². The maximum absolute atomic E-state index is 11.9. The third-order valence-electron chi connectivity index (χ3n) is 1.75. The van der Waals surface area contributed by atoms with E-state index in [1.807, 2.05) is 0 Å². The van der Waals surface area contributed by atoms with Crippen LogP contribution in [0.5, 0.6) is 0 Å². The molecule has 1 aromatic rings. The second-order valence-electron chi connectivity index (χ2n) is 2.83. The van der Waals surface area contributed by atoms with Crippen molar-refractivity contribution in [2.75, 3.05) is 0 Å². The number of hydrogen-bond donors (Lipinski definition) is 2. The van der Waals surface area contributed by atoms with E-state index < -0.39 is 19.8 Å². The van der Waals surface area contributed by atoms with Crippen LogP contribution in [-0.4, -0.2) is 33.1 Å². The lowest BCUT2D eigenvalue weighted by atomic mass is 9.81. The molecule has 0 bridgehead atoms. The molecule has 1 heterocycles. The van der Waals surface area contributed by atoms with E-state index in [-0.39, 0.29) is 11.2 Å². The van der Waals surface area contributed by atoms with Gasteiger partial charge in [0.25, 0.3) is 0 Å². The molecule has 0 saturated heterocycles. The largest absolute Gasteiger partial charge is 0.491 e. The summed E-state index contributed by atoms with van der Waals surface area (Å²) in [7, 11) is -1.79. The molecule has 78 valence electrons. The van der Waals surface area contributed by atoms with Crippen molar-refractivity contribution >= 4 is 12.6 Å². The highest BCUT2D eigenvalue weighted by Crippen LogP contribution is 2.17. The molecule has 0 radical (unpaired) electrons. The van der Waals surface area contributed by atoms with Gasteiger partial charge < -0.3 is 10.0 Å². The van der Waals surface area contributed by atoms with Crippen molar-refractivity contribution in [2.24, 2.45) is 0 Å². The van der Waals surface area contributed by atoms with E-state index in [9.17, 15) is 13.2 Å². The molecule has 2 N–H and O–H groups in total. The Bertz CT molecular complexity index is 323. The van der Waals surface area contributed by atoms with E-state index >= 15 is 0 Å². The molecule has 0 aromatic carbocycles. The molecule has 0 aliphatic rings. The summed E-state index contributed by atoms with van der Waals surface area (Å²) < 4.78 is 36.5. The second kappa shape index (κ2) is 3.62. The molecule has 14 heavy (non-hydrogen) atoms. The summed E-state index contributed by atoms with van der Waals surface area (Å²) in [5.74, 6) is 0. The van der Waals surface area contributed by atoms with Gasteiger partial charge in [0.1, 0.15) is 6.54 Å². The average Bonchev–Trinajstić information content (AvgIpc) is 2.29. The van der Waals surface area contributed by atoms with Gasteiger partial charge >= 0.3 is 13.3 Å². The molecule has 0 spiro atoms. The lowest BCUT2D eigenvalue weighted by Gasteiger charge is -2.08. The van der Waals surface area contributed by atoms with Crippen molar-refractivity contribution in [3.63, 3.8) is 0 Å². The van der Waals surface area contributed by atoms with Gasteiger partial charge in [-0.25, -0.2) is 0 Å². The van der Waals surface area contributed by atoms with Crippen LogP contribution in [0.15, 0.2) is 6.20 Å². The zero-order valence-electron chi connectivity index (χ0n) is 7.28. The van der Waals surface area contributed by atoms with Crippen LogP contribution >= 0.6 is 0 Å². The lowest BCUT2D eigenvalue weighted by molar-refractivity contribution is -0.142. The first-order valence-electron chi connectivity index (χ1n) is 3.76. The fourth-order valence-electron chi connectivity index (χ4n) is 1.04. The Morgan fingerprint density at radius 3 is 2.43 bits per heavy atom. The van der Waals surface area contributed by atoms with Crippen molar-refractivity contribution in [1.82, 2.24) is 9.78 Å². The van der Waals surface area contributed by atoms with Gasteiger partial charge in [0, 0.05) is 17.4 Å². The van der Waals surface area contributed by atoms with E-state index in [1.165, 1.54) is 6.92 Å². The molecule has 0 unspecified atom stereocenters. The number of halogens is 3. The van der Waals surface area contributed by atoms with Gasteiger partial charge in [0.05, 0.1) is 0 Å². The minimum atomic E-state index is -4.37. The molecule has 0 amide bonds. The van der Waals surface area contributed by atoms with E-state index in [0.29, 0.717) is 4.68 Å². The van der Waals surface area contributed by atoms with Crippen molar-refractivity contribution in [3.8, 4) is 0 Å². The second-order valence-corrected chi connectivity index (χ2v) is 2.83. The van der Waals surface area contributed by atoms with Gasteiger partial charge in [0.2, 0.25) is 0 Å². The molecule has 0 fully saturated rings. The fourth-order valence-corrected chi connectivity index (χ4v) is 1.04. The van der Waals surface area contributed by atoms with E-state index in [1.54, 1.807) is 0 Å². The van der Waals surface area contributed by atoms with E-state index in [4.69, 9.17) is 10.0 Å². The molecule has 0 atom stereocenters. The summed E-state index contributed by atoms with van der Waals surface area (Å²) in [6.45, 7) is 0.110. The molecule has 0 aliphatic carbocycles. The van der Waals surface area contributed by atoms with Gasteiger partial charge in [-0.15, -0.1) is 0 Å². The summed E-state index contributed by atoms with van der Waals surface area (Å²) in [6, 6.07) is 0. The summed E-state index contributed by atoms with van der Waals surface area (Å²) >= 11 is 0. The monoisotopic (exact) mass is 208 g/mol. The predicted octanol–water partition coefficient (Wildman–Crippen LogP) is -0.566. The Morgan fingerprint density at radius 2 is 2.07 bits per heavy atom. The lowest BCUT2D eigenvalue weighted by Crippen LogP contribution is -2.32. The predicted molar refractivity (Wildman–Crippen MR) is 42.8 cm³/mol. The molecule has 0 saturated carbocycles. The Balaban J connectivity index is 2.91. The van der Waals surface area contributed by atoms with Crippen molar-refractivity contribution in [3.05, 3.63) is 11.9 Å². The molecule has 1 aromatic heterocycles. The molecular formula is C6H8BF3N2O2. The fraction of sp³-hybridized carbons (Fsp3) is 0.500. The zero-order valence-corrected chi connectivity index (χ0v) is 7.28. The molecule has 4 nitrogen and oxygen atoms in total. The highest BCUT2D eigenvalue weighted by molar-refractivity contribution is 6.59. The minimum Gasteiger partial charge on any atom is -0.423 e. The van der Waals surface area contributed by atoms with Crippen molar-refractivity contribution < 1.29 is 23.2 Å². The number of alkyl halides is 3. The standard InChI is InChI=1S/C6H8BF3N2O2/c1-4-5(7(13)14)2-11-12(4)3-6(8,9)10/h2,13-14H,3H2,1H3. The van der Waals surface area contributed by atoms with Crippen LogP contribution in [0, 0.1) is 6.92 Å². The molecule has 8 heteroatoms. The minimum absolute atomic E-state index is 0.0192. The summed E-state index contributed by atoms with van der Waals surface area (Å²) in [6.07, 6.45) is -3.36. The SMILES string of the molecule is Cc1c(B(O)O)cnn1CC(F)(F)F. The van der Waals surface area contributed by atoms with Crippen LogP contribution < -0.4 is 5.46 Å². The van der Waals surface area contributed by atoms with Crippen LogP contribution in [0.4, 0.5) is 13.2 Å². The maximum Gasteiger partial charge on any atom is 0.491 e. The van der Waals surface area contributed by atoms with Gasteiger partial charge in [-0.3, -0.25) is 4.68 Å². The van der Waals surface area contributed by atoms with Crippen LogP contribution in [-0.2, 0) is 6.54 Å². The summed E-state index contributed by atoms with van der Waals surface area (Å²) in [4.78, 5) is 0.